The van der Waals surface area contributed by atoms with Crippen molar-refractivity contribution in [2.75, 3.05) is 5.32 Å². The van der Waals surface area contributed by atoms with E-state index in [0.29, 0.717) is 10.7 Å². The zero-order chi connectivity index (χ0) is 14.0. The van der Waals surface area contributed by atoms with Crippen LogP contribution < -0.4 is 10.6 Å². The Bertz CT molecular complexity index is 519. The first-order valence-corrected chi connectivity index (χ1v) is 7.28. The summed E-state index contributed by atoms with van der Waals surface area (Å²) in [4.78, 5) is 24.6. The van der Waals surface area contributed by atoms with Crippen LogP contribution in [-0.2, 0) is 9.59 Å². The first-order chi connectivity index (χ1) is 8.95. The first kappa shape index (κ1) is 14.2. The highest BCUT2D eigenvalue weighted by molar-refractivity contribution is 8.01. The van der Waals surface area contributed by atoms with Gasteiger partial charge in [0.25, 0.3) is 0 Å². The second kappa shape index (κ2) is 5.84. The normalized spacial score (nSPS) is 17.9. The van der Waals surface area contributed by atoms with Crippen LogP contribution in [0.25, 0.3) is 0 Å². The van der Waals surface area contributed by atoms with Crippen LogP contribution in [0.3, 0.4) is 0 Å². The lowest BCUT2D eigenvalue weighted by Gasteiger charge is -2.24. The van der Waals surface area contributed by atoms with Crippen molar-refractivity contribution >= 4 is 40.9 Å². The Morgan fingerprint density at radius 2 is 2.26 bits per heavy atom. The molecule has 0 saturated carbocycles. The smallest absolute Gasteiger partial charge is 0.238 e. The molecule has 1 heterocycles. The molecule has 4 nitrogen and oxygen atoms in total. The number of hydrogen-bond donors (Lipinski definition) is 2. The average Bonchev–Trinajstić information content (AvgIpc) is 2.29. The summed E-state index contributed by atoms with van der Waals surface area (Å²) in [5.41, 5.74) is 0.711. The Morgan fingerprint density at radius 3 is 2.95 bits per heavy atom. The Morgan fingerprint density at radius 1 is 1.53 bits per heavy atom. The minimum absolute atomic E-state index is 0.0789. The zero-order valence-electron chi connectivity index (χ0n) is 10.7. The largest absolute Gasteiger partial charge is 0.354 e. The summed E-state index contributed by atoms with van der Waals surface area (Å²) in [5, 5.41) is 5.76. The van der Waals surface area contributed by atoms with Gasteiger partial charge in [0.2, 0.25) is 11.8 Å². The van der Waals surface area contributed by atoms with E-state index >= 15 is 0 Å². The van der Waals surface area contributed by atoms with E-state index in [1.807, 2.05) is 19.9 Å². The molecule has 0 radical (unpaired) electrons. The molecule has 0 saturated heterocycles. The molecule has 0 aliphatic carbocycles. The second-order valence-corrected chi connectivity index (χ2v) is 6.34. The van der Waals surface area contributed by atoms with Gasteiger partial charge in [-0.25, -0.2) is 0 Å². The fraction of sp³-hybridized carbons (Fsp3) is 0.385. The standard InChI is InChI=1S/C13H15ClN2O2S/c1-7(2)15-12(17)6-11-13(18)16-9-5-8(14)3-4-10(9)19-11/h3-5,7,11H,6H2,1-2H3,(H,15,17)(H,16,18)/t11-/m1/s1. The molecular weight excluding hydrogens is 284 g/mol. The first-order valence-electron chi connectivity index (χ1n) is 6.02. The number of hydrogen-bond acceptors (Lipinski definition) is 3. The van der Waals surface area contributed by atoms with Crippen LogP contribution in [0.4, 0.5) is 5.69 Å². The molecule has 19 heavy (non-hydrogen) atoms. The Hall–Kier alpha value is -1.20. The molecule has 1 aromatic carbocycles. The molecule has 0 bridgehead atoms. The second-order valence-electron chi connectivity index (χ2n) is 4.66. The lowest BCUT2D eigenvalue weighted by molar-refractivity contribution is -0.124. The van der Waals surface area contributed by atoms with Crippen molar-refractivity contribution in [3.05, 3.63) is 23.2 Å². The van der Waals surface area contributed by atoms with Crippen LogP contribution in [0.2, 0.25) is 5.02 Å². The maximum atomic E-state index is 11.9. The SMILES string of the molecule is CC(C)NC(=O)C[C@H]1Sc2ccc(Cl)cc2NC1=O. The topological polar surface area (TPSA) is 58.2 Å². The van der Waals surface area contributed by atoms with E-state index < -0.39 is 5.25 Å². The van der Waals surface area contributed by atoms with Crippen molar-refractivity contribution in [1.82, 2.24) is 5.32 Å². The van der Waals surface area contributed by atoms with E-state index in [1.54, 1.807) is 12.1 Å². The van der Waals surface area contributed by atoms with Gasteiger partial charge in [-0.1, -0.05) is 11.6 Å². The van der Waals surface area contributed by atoms with Crippen LogP contribution >= 0.6 is 23.4 Å². The third kappa shape index (κ3) is 3.64. The highest BCUT2D eigenvalue weighted by atomic mass is 35.5. The molecule has 102 valence electrons. The maximum absolute atomic E-state index is 11.9. The number of nitrogens with one attached hydrogen (secondary N) is 2. The zero-order valence-corrected chi connectivity index (χ0v) is 12.3. The quantitative estimate of drug-likeness (QED) is 0.902. The number of benzene rings is 1. The van der Waals surface area contributed by atoms with Crippen molar-refractivity contribution < 1.29 is 9.59 Å². The lowest BCUT2D eigenvalue weighted by Crippen LogP contribution is -2.37. The van der Waals surface area contributed by atoms with E-state index in [-0.39, 0.29) is 24.3 Å². The lowest BCUT2D eigenvalue weighted by atomic mass is 10.2. The van der Waals surface area contributed by atoms with Crippen molar-refractivity contribution in [1.29, 1.82) is 0 Å². The van der Waals surface area contributed by atoms with Crippen molar-refractivity contribution in [3.63, 3.8) is 0 Å². The summed E-state index contributed by atoms with van der Waals surface area (Å²) in [6, 6.07) is 5.42. The fourth-order valence-electron chi connectivity index (χ4n) is 1.81. The van der Waals surface area contributed by atoms with Gasteiger partial charge in [0, 0.05) is 22.4 Å². The van der Waals surface area contributed by atoms with Gasteiger partial charge >= 0.3 is 0 Å². The molecule has 2 N–H and O–H groups in total. The molecule has 0 aromatic heterocycles. The molecule has 2 amide bonds. The number of fused-ring (bicyclic) bond motifs is 1. The average molecular weight is 299 g/mol. The summed E-state index contributed by atoms with van der Waals surface area (Å²) in [7, 11) is 0. The molecule has 1 aliphatic heterocycles. The van der Waals surface area contributed by atoms with Gasteiger partial charge < -0.3 is 10.6 Å². The number of carbonyl (C=O) groups is 2. The number of carbonyl (C=O) groups excluding carboxylic acids is 2. The molecule has 1 aliphatic rings. The molecule has 0 fully saturated rings. The van der Waals surface area contributed by atoms with Crippen LogP contribution in [0, 0.1) is 0 Å². The highest BCUT2D eigenvalue weighted by Crippen LogP contribution is 2.38. The molecule has 1 atom stereocenters. The Labute approximate surface area is 121 Å². The van der Waals surface area contributed by atoms with E-state index in [2.05, 4.69) is 10.6 Å². The van der Waals surface area contributed by atoms with E-state index in [1.165, 1.54) is 11.8 Å². The van der Waals surface area contributed by atoms with Crippen LogP contribution in [0.15, 0.2) is 23.1 Å². The molecule has 0 unspecified atom stereocenters. The summed E-state index contributed by atoms with van der Waals surface area (Å²) in [6.07, 6.45) is 0.177. The Balaban J connectivity index is 2.07. The predicted octanol–water partition coefficient (Wildman–Crippen LogP) is 2.67. The monoisotopic (exact) mass is 298 g/mol. The molecule has 1 aromatic rings. The molecule has 2 rings (SSSR count). The van der Waals surface area contributed by atoms with Crippen LogP contribution in [-0.4, -0.2) is 23.1 Å². The van der Waals surface area contributed by atoms with Crippen molar-refractivity contribution in [3.8, 4) is 0 Å². The van der Waals surface area contributed by atoms with Crippen LogP contribution in [0.5, 0.6) is 0 Å². The third-order valence-corrected chi connectivity index (χ3v) is 4.09. The molecule has 6 heteroatoms. The van der Waals surface area contributed by atoms with E-state index in [4.69, 9.17) is 11.6 Å². The van der Waals surface area contributed by atoms with Gasteiger partial charge in [0.1, 0.15) is 0 Å². The minimum Gasteiger partial charge on any atom is -0.354 e. The van der Waals surface area contributed by atoms with Gasteiger partial charge in [-0.15, -0.1) is 11.8 Å². The number of rotatable bonds is 3. The highest BCUT2D eigenvalue weighted by Gasteiger charge is 2.29. The summed E-state index contributed by atoms with van der Waals surface area (Å²) in [5.74, 6) is -0.265. The van der Waals surface area contributed by atoms with Gasteiger partial charge in [-0.3, -0.25) is 9.59 Å². The predicted molar refractivity (Wildman–Crippen MR) is 77.6 cm³/mol. The molecular formula is C13H15ClN2O2S. The fourth-order valence-corrected chi connectivity index (χ4v) is 3.07. The van der Waals surface area contributed by atoms with Crippen molar-refractivity contribution in [2.45, 2.75) is 36.5 Å². The maximum Gasteiger partial charge on any atom is 0.238 e. The van der Waals surface area contributed by atoms with Crippen LogP contribution in [0.1, 0.15) is 20.3 Å². The summed E-state index contributed by atoms with van der Waals surface area (Å²) in [6.45, 7) is 3.78. The van der Waals surface area contributed by atoms with Gasteiger partial charge in [0.05, 0.1) is 10.9 Å². The number of thioether (sulfide) groups is 1. The number of halogens is 1. The number of amides is 2. The van der Waals surface area contributed by atoms with E-state index in [0.717, 1.165) is 4.90 Å². The van der Waals surface area contributed by atoms with Gasteiger partial charge in [0.15, 0.2) is 0 Å². The summed E-state index contributed by atoms with van der Waals surface area (Å²) >= 11 is 7.28. The summed E-state index contributed by atoms with van der Waals surface area (Å²) < 4.78 is 0. The van der Waals surface area contributed by atoms with Gasteiger partial charge in [-0.2, -0.15) is 0 Å². The van der Waals surface area contributed by atoms with Crippen molar-refractivity contribution in [2.24, 2.45) is 0 Å². The Kier molecular flexibility index (Phi) is 4.37. The molecule has 0 spiro atoms. The van der Waals surface area contributed by atoms with E-state index in [9.17, 15) is 9.59 Å². The minimum atomic E-state index is -0.396. The third-order valence-electron chi connectivity index (χ3n) is 2.58. The van der Waals surface area contributed by atoms with Gasteiger partial charge in [-0.05, 0) is 32.0 Å². The number of anilines is 1.